The Morgan fingerprint density at radius 2 is 2.15 bits per heavy atom. The van der Waals surface area contributed by atoms with Gasteiger partial charge in [0, 0.05) is 18.5 Å². The van der Waals surface area contributed by atoms with Crippen molar-refractivity contribution in [2.75, 3.05) is 13.7 Å². The van der Waals surface area contributed by atoms with E-state index < -0.39 is 0 Å². The van der Waals surface area contributed by atoms with E-state index >= 15 is 0 Å². The third-order valence-electron chi connectivity index (χ3n) is 5.93. The first kappa shape index (κ1) is 18.0. The van der Waals surface area contributed by atoms with Gasteiger partial charge < -0.3 is 20.4 Å². The smallest absolute Gasteiger partial charge is 0.240 e. The summed E-state index contributed by atoms with van der Waals surface area (Å²) in [4.78, 5) is 23.0. The zero-order chi connectivity index (χ0) is 18.8. The van der Waals surface area contributed by atoms with Crippen LogP contribution >= 0.6 is 0 Å². The van der Waals surface area contributed by atoms with E-state index in [0.717, 1.165) is 47.8 Å². The minimum Gasteiger partial charge on any atom is -0.497 e. The molecule has 6 heteroatoms. The summed E-state index contributed by atoms with van der Waals surface area (Å²) in [7, 11) is 1.66. The number of nitrogens with two attached hydrogens (primary N) is 1. The minimum atomic E-state index is -0.368. The summed E-state index contributed by atoms with van der Waals surface area (Å²) < 4.78 is 5.30. The maximum atomic E-state index is 12.9. The number of hydrogen-bond donors (Lipinski definition) is 2. The van der Waals surface area contributed by atoms with Crippen molar-refractivity contribution >= 4 is 5.91 Å². The van der Waals surface area contributed by atoms with Gasteiger partial charge in [-0.05, 0) is 30.9 Å². The van der Waals surface area contributed by atoms with Crippen LogP contribution < -0.4 is 10.5 Å². The average molecular weight is 368 g/mol. The standard InChI is InChI=1S/C21H28N4O2/c1-27-16-9-5-8-15(12-16)20-23-17-10-11-25(13-18(17)24-20)21(26)19(22)14-6-3-2-4-7-14/h5,8-9,12,14,19H,2-4,6-7,10-11,13,22H2,1H3,(H,23,24)/t19-/m0/s1. The fraction of sp³-hybridized carbons (Fsp3) is 0.524. The molecule has 3 N–H and O–H groups in total. The number of aromatic nitrogens is 2. The van der Waals surface area contributed by atoms with Crippen LogP contribution in [0.25, 0.3) is 11.4 Å². The van der Waals surface area contributed by atoms with Gasteiger partial charge in [0.25, 0.3) is 0 Å². The summed E-state index contributed by atoms with van der Waals surface area (Å²) in [6, 6.07) is 7.47. The number of H-pyrrole nitrogens is 1. The molecular weight excluding hydrogens is 340 g/mol. The number of rotatable bonds is 4. The maximum absolute atomic E-state index is 12.9. The predicted octanol–water partition coefficient (Wildman–Crippen LogP) is 2.88. The van der Waals surface area contributed by atoms with Crippen molar-refractivity contribution in [3.8, 4) is 17.1 Å². The monoisotopic (exact) mass is 368 g/mol. The lowest BCUT2D eigenvalue weighted by molar-refractivity contribution is -0.135. The van der Waals surface area contributed by atoms with Crippen LogP contribution in [0.5, 0.6) is 5.75 Å². The molecule has 6 nitrogen and oxygen atoms in total. The fourth-order valence-electron chi connectivity index (χ4n) is 4.29. The molecule has 1 aromatic carbocycles. The number of imidazole rings is 1. The van der Waals surface area contributed by atoms with Crippen molar-refractivity contribution in [2.24, 2.45) is 11.7 Å². The lowest BCUT2D eigenvalue weighted by Crippen LogP contribution is -2.49. The predicted molar refractivity (Wildman–Crippen MR) is 104 cm³/mol. The normalized spacial score (nSPS) is 18.8. The highest BCUT2D eigenvalue weighted by Gasteiger charge is 2.32. The van der Waals surface area contributed by atoms with Gasteiger partial charge in [0.15, 0.2) is 0 Å². The molecule has 27 heavy (non-hydrogen) atoms. The summed E-state index contributed by atoms with van der Waals surface area (Å²) >= 11 is 0. The van der Waals surface area contributed by atoms with Crippen LogP contribution in [0.4, 0.5) is 0 Å². The van der Waals surface area contributed by atoms with Crippen molar-refractivity contribution in [1.82, 2.24) is 14.9 Å². The third-order valence-corrected chi connectivity index (χ3v) is 5.93. The largest absolute Gasteiger partial charge is 0.497 e. The van der Waals surface area contributed by atoms with Crippen LogP contribution in [0, 0.1) is 5.92 Å². The molecular formula is C21H28N4O2. The quantitative estimate of drug-likeness (QED) is 0.869. The Kier molecular flexibility index (Phi) is 5.16. The molecule has 0 spiro atoms. The Morgan fingerprint density at radius 1 is 1.33 bits per heavy atom. The number of benzene rings is 1. The topological polar surface area (TPSA) is 84.2 Å². The number of hydrogen-bond acceptors (Lipinski definition) is 4. The van der Waals surface area contributed by atoms with Crippen LogP contribution in [0.15, 0.2) is 24.3 Å². The van der Waals surface area contributed by atoms with E-state index in [1.165, 1.54) is 19.3 Å². The van der Waals surface area contributed by atoms with E-state index in [2.05, 4.69) is 4.98 Å². The van der Waals surface area contributed by atoms with Gasteiger partial charge in [0.2, 0.25) is 5.91 Å². The molecule has 1 saturated carbocycles. The number of amides is 1. The summed E-state index contributed by atoms with van der Waals surface area (Å²) in [6.07, 6.45) is 6.58. The SMILES string of the molecule is COc1cccc(-c2nc3c([nH]2)CN(C(=O)[C@@H](N)C2CCCCC2)CC3)c1. The molecule has 0 bridgehead atoms. The van der Waals surface area contributed by atoms with Crippen molar-refractivity contribution in [2.45, 2.75) is 51.1 Å². The van der Waals surface area contributed by atoms with Gasteiger partial charge in [-0.25, -0.2) is 4.98 Å². The summed E-state index contributed by atoms with van der Waals surface area (Å²) in [5.41, 5.74) is 9.39. The summed E-state index contributed by atoms with van der Waals surface area (Å²) in [5, 5.41) is 0. The van der Waals surface area contributed by atoms with Crippen LogP contribution in [-0.2, 0) is 17.8 Å². The highest BCUT2D eigenvalue weighted by Crippen LogP contribution is 2.29. The zero-order valence-corrected chi connectivity index (χ0v) is 15.9. The van der Waals surface area contributed by atoms with E-state index in [9.17, 15) is 4.79 Å². The van der Waals surface area contributed by atoms with Crippen molar-refractivity contribution < 1.29 is 9.53 Å². The third kappa shape index (κ3) is 3.72. The van der Waals surface area contributed by atoms with Crippen LogP contribution in [0.1, 0.15) is 43.5 Å². The van der Waals surface area contributed by atoms with Gasteiger partial charge in [-0.15, -0.1) is 0 Å². The maximum Gasteiger partial charge on any atom is 0.240 e. The lowest BCUT2D eigenvalue weighted by Gasteiger charge is -2.33. The Balaban J connectivity index is 1.48. The van der Waals surface area contributed by atoms with E-state index in [0.29, 0.717) is 19.0 Å². The highest BCUT2D eigenvalue weighted by molar-refractivity contribution is 5.82. The number of fused-ring (bicyclic) bond motifs is 1. The first-order chi connectivity index (χ1) is 13.2. The molecule has 1 fully saturated rings. The number of carbonyl (C=O) groups excluding carboxylic acids is 1. The number of methoxy groups -OCH3 is 1. The molecule has 1 amide bonds. The first-order valence-corrected chi connectivity index (χ1v) is 9.92. The molecule has 0 radical (unpaired) electrons. The molecule has 1 aliphatic heterocycles. The van der Waals surface area contributed by atoms with E-state index in [1.807, 2.05) is 29.2 Å². The van der Waals surface area contributed by atoms with Gasteiger partial charge in [-0.1, -0.05) is 31.4 Å². The molecule has 144 valence electrons. The molecule has 1 aromatic heterocycles. The Bertz CT molecular complexity index is 810. The van der Waals surface area contributed by atoms with Gasteiger partial charge in [0.1, 0.15) is 11.6 Å². The van der Waals surface area contributed by atoms with Crippen molar-refractivity contribution in [1.29, 1.82) is 0 Å². The summed E-state index contributed by atoms with van der Waals surface area (Å²) in [5.74, 6) is 2.05. The van der Waals surface area contributed by atoms with E-state index in [-0.39, 0.29) is 11.9 Å². The molecule has 2 aromatic rings. The fourth-order valence-corrected chi connectivity index (χ4v) is 4.29. The number of nitrogens with one attached hydrogen (secondary N) is 1. The van der Waals surface area contributed by atoms with Crippen LogP contribution in [0.2, 0.25) is 0 Å². The number of aromatic amines is 1. The Hall–Kier alpha value is -2.34. The van der Waals surface area contributed by atoms with E-state index in [1.54, 1.807) is 7.11 Å². The minimum absolute atomic E-state index is 0.0880. The molecule has 1 atom stereocenters. The molecule has 4 rings (SSSR count). The number of nitrogens with zero attached hydrogens (tertiary/aromatic N) is 2. The molecule has 2 aliphatic rings. The molecule has 1 aliphatic carbocycles. The highest BCUT2D eigenvalue weighted by atomic mass is 16.5. The molecule has 0 unspecified atom stereocenters. The van der Waals surface area contributed by atoms with Gasteiger partial charge >= 0.3 is 0 Å². The second-order valence-corrected chi connectivity index (χ2v) is 7.68. The lowest BCUT2D eigenvalue weighted by atomic mass is 9.83. The first-order valence-electron chi connectivity index (χ1n) is 9.92. The van der Waals surface area contributed by atoms with Crippen molar-refractivity contribution in [3.63, 3.8) is 0 Å². The van der Waals surface area contributed by atoms with Crippen LogP contribution in [-0.4, -0.2) is 40.5 Å². The Labute approximate surface area is 160 Å². The van der Waals surface area contributed by atoms with Crippen molar-refractivity contribution in [3.05, 3.63) is 35.7 Å². The molecule has 2 heterocycles. The zero-order valence-electron chi connectivity index (χ0n) is 15.9. The van der Waals surface area contributed by atoms with Gasteiger partial charge in [-0.3, -0.25) is 4.79 Å². The summed E-state index contributed by atoms with van der Waals surface area (Å²) in [6.45, 7) is 1.25. The van der Waals surface area contributed by atoms with Crippen LogP contribution in [0.3, 0.4) is 0 Å². The average Bonchev–Trinajstić information content (AvgIpc) is 3.17. The number of ether oxygens (including phenoxy) is 1. The van der Waals surface area contributed by atoms with Gasteiger partial charge in [-0.2, -0.15) is 0 Å². The Morgan fingerprint density at radius 3 is 2.93 bits per heavy atom. The van der Waals surface area contributed by atoms with E-state index in [4.69, 9.17) is 15.5 Å². The second-order valence-electron chi connectivity index (χ2n) is 7.68. The molecule has 0 saturated heterocycles. The second kappa shape index (κ2) is 7.72. The number of carbonyl (C=O) groups is 1. The van der Waals surface area contributed by atoms with Gasteiger partial charge in [0.05, 0.1) is 31.1 Å².